The van der Waals surface area contributed by atoms with Gasteiger partial charge in [0.2, 0.25) is 5.71 Å². The zero-order valence-electron chi connectivity index (χ0n) is 12.0. The molecule has 2 aromatic rings. The molecule has 1 aliphatic carbocycles. The smallest absolute Gasteiger partial charge is 0.252 e. The molecule has 0 heterocycles. The molecule has 4 N–H and O–H groups in total. The van der Waals surface area contributed by atoms with E-state index in [9.17, 15) is 13.2 Å². The van der Waals surface area contributed by atoms with Crippen LogP contribution in [0.15, 0.2) is 71.4 Å². The van der Waals surface area contributed by atoms with Crippen LogP contribution >= 0.6 is 0 Å². The standard InChI is InChI=1S/C17H12F3N3/c18-17(19,20)12-8-9-16(14(21)10-12)23-22-15-7-3-5-11-4-1-2-6-13(11)15/h1-10,21-22H/p+2. The van der Waals surface area contributed by atoms with Gasteiger partial charge in [-0.15, -0.1) is 0 Å². The molecule has 116 valence electrons. The number of quaternary nitrogens is 1. The largest absolute Gasteiger partial charge is 0.416 e. The van der Waals surface area contributed by atoms with E-state index >= 15 is 0 Å². The van der Waals surface area contributed by atoms with Crippen LogP contribution in [0.2, 0.25) is 0 Å². The van der Waals surface area contributed by atoms with Crippen LogP contribution < -0.4 is 10.8 Å². The van der Waals surface area contributed by atoms with Crippen LogP contribution in [0.5, 0.6) is 0 Å². The summed E-state index contributed by atoms with van der Waals surface area (Å²) in [6, 6.07) is 13.6. The number of hydrogen-bond donors (Lipinski definition) is 2. The fourth-order valence-electron chi connectivity index (χ4n) is 2.35. The van der Waals surface area contributed by atoms with Crippen LogP contribution in [-0.2, 0) is 0 Å². The van der Waals surface area contributed by atoms with Crippen LogP contribution in [-0.4, -0.2) is 17.6 Å². The van der Waals surface area contributed by atoms with Gasteiger partial charge in [-0.05, 0) is 23.6 Å². The minimum atomic E-state index is -4.41. The molecule has 0 aliphatic heterocycles. The maximum absolute atomic E-state index is 12.6. The summed E-state index contributed by atoms with van der Waals surface area (Å²) < 4.78 is 37.9. The number of benzene rings is 2. The Morgan fingerprint density at radius 3 is 2.43 bits per heavy atom. The molecule has 0 amide bonds. The first-order chi connectivity index (χ1) is 10.9. The van der Waals surface area contributed by atoms with Gasteiger partial charge in [-0.25, -0.2) is 0 Å². The Kier molecular flexibility index (Phi) is 3.83. The predicted molar refractivity (Wildman–Crippen MR) is 83.2 cm³/mol. The van der Waals surface area contributed by atoms with E-state index in [1.165, 1.54) is 6.08 Å². The van der Waals surface area contributed by atoms with Crippen molar-refractivity contribution in [3.63, 3.8) is 0 Å². The minimum absolute atomic E-state index is 0.00342. The molecule has 0 spiro atoms. The van der Waals surface area contributed by atoms with Gasteiger partial charge in [0.15, 0.2) is 11.4 Å². The molecule has 1 aliphatic rings. The highest BCUT2D eigenvalue weighted by molar-refractivity contribution is 6.48. The van der Waals surface area contributed by atoms with E-state index in [4.69, 9.17) is 5.41 Å². The molecule has 0 aromatic heterocycles. The molecule has 0 atom stereocenters. The van der Waals surface area contributed by atoms with Crippen LogP contribution in [0.3, 0.4) is 0 Å². The second-order valence-electron chi connectivity index (χ2n) is 5.10. The van der Waals surface area contributed by atoms with Crippen molar-refractivity contribution >= 4 is 27.9 Å². The molecule has 0 fully saturated rings. The zero-order valence-corrected chi connectivity index (χ0v) is 12.0. The van der Waals surface area contributed by atoms with Crippen molar-refractivity contribution in [3.05, 3.63) is 66.3 Å². The molecular formula is C17H14F3N3+2. The fraction of sp³-hybridized carbons (Fsp3) is 0.0588. The molecule has 23 heavy (non-hydrogen) atoms. The highest BCUT2D eigenvalue weighted by Crippen LogP contribution is 2.27. The number of hydrogen-bond acceptors (Lipinski definition) is 1. The van der Waals surface area contributed by atoms with Gasteiger partial charge in [-0.2, -0.15) is 18.6 Å². The van der Waals surface area contributed by atoms with E-state index < -0.39 is 11.7 Å². The molecule has 2 aromatic carbocycles. The van der Waals surface area contributed by atoms with Crippen LogP contribution in [0, 0.1) is 0 Å². The summed E-state index contributed by atoms with van der Waals surface area (Å²) in [5.74, 6) is 0. The van der Waals surface area contributed by atoms with E-state index in [1.54, 1.807) is 5.43 Å². The SMILES string of the molecule is [NH2+]=C1C=C(C(F)(F)F)C=CC1=N[NH2+]c1cccc2ccccc12. The van der Waals surface area contributed by atoms with Gasteiger partial charge in [0.05, 0.1) is 5.57 Å². The first-order valence-electron chi connectivity index (χ1n) is 6.94. The number of alkyl halides is 3. The lowest BCUT2D eigenvalue weighted by Gasteiger charge is -2.09. The number of halogens is 3. The summed E-state index contributed by atoms with van der Waals surface area (Å²) in [5, 5.41) is 12.0. The van der Waals surface area contributed by atoms with E-state index in [1.807, 2.05) is 42.5 Å². The monoisotopic (exact) mass is 317 g/mol. The lowest BCUT2D eigenvalue weighted by atomic mass is 10.0. The van der Waals surface area contributed by atoms with E-state index in [2.05, 4.69) is 5.10 Å². The van der Waals surface area contributed by atoms with Crippen molar-refractivity contribution in [1.82, 2.24) is 0 Å². The van der Waals surface area contributed by atoms with Gasteiger partial charge < -0.3 is 0 Å². The molecule has 0 saturated heterocycles. The average Bonchev–Trinajstić information content (AvgIpc) is 2.53. The summed E-state index contributed by atoms with van der Waals surface area (Å²) in [5.41, 5.74) is 2.02. The molecule has 6 heteroatoms. The third-order valence-electron chi connectivity index (χ3n) is 3.52. The maximum Gasteiger partial charge on any atom is 0.416 e. The topological polar surface area (TPSA) is 54.6 Å². The summed E-state index contributed by atoms with van der Waals surface area (Å²) in [6.07, 6.45) is -1.26. The highest BCUT2D eigenvalue weighted by Gasteiger charge is 2.35. The summed E-state index contributed by atoms with van der Waals surface area (Å²) in [7, 11) is 0. The van der Waals surface area contributed by atoms with Crippen molar-refractivity contribution in [2.75, 3.05) is 0 Å². The Bertz CT molecular complexity index is 856. The third-order valence-corrected chi connectivity index (χ3v) is 3.52. The summed E-state index contributed by atoms with van der Waals surface area (Å²) in [4.78, 5) is 0. The van der Waals surface area contributed by atoms with Crippen molar-refractivity contribution in [2.24, 2.45) is 5.10 Å². The van der Waals surface area contributed by atoms with Gasteiger partial charge in [0.1, 0.15) is 0 Å². The number of nitrogens with zero attached hydrogens (tertiary/aromatic N) is 1. The third kappa shape index (κ3) is 3.22. The van der Waals surface area contributed by atoms with Crippen LogP contribution in [0.1, 0.15) is 0 Å². The Balaban J connectivity index is 1.85. The Hall–Kier alpha value is -2.73. The predicted octanol–water partition coefficient (Wildman–Crippen LogP) is 1.65. The Labute approximate surface area is 130 Å². The lowest BCUT2D eigenvalue weighted by molar-refractivity contribution is -0.575. The van der Waals surface area contributed by atoms with E-state index in [0.29, 0.717) is 5.71 Å². The summed E-state index contributed by atoms with van der Waals surface area (Å²) >= 11 is 0. The van der Waals surface area contributed by atoms with Gasteiger partial charge in [-0.1, -0.05) is 35.4 Å². The van der Waals surface area contributed by atoms with Gasteiger partial charge >= 0.3 is 6.18 Å². The first-order valence-corrected chi connectivity index (χ1v) is 6.94. The molecule has 3 nitrogen and oxygen atoms in total. The van der Waals surface area contributed by atoms with E-state index in [-0.39, 0.29) is 5.71 Å². The zero-order chi connectivity index (χ0) is 16.4. The normalized spacial score (nSPS) is 16.9. The van der Waals surface area contributed by atoms with Crippen molar-refractivity contribution in [2.45, 2.75) is 6.18 Å². The molecule has 0 saturated carbocycles. The number of fused-ring (bicyclic) bond motifs is 1. The Morgan fingerprint density at radius 2 is 1.70 bits per heavy atom. The second kappa shape index (κ2) is 5.81. The van der Waals surface area contributed by atoms with E-state index in [0.717, 1.165) is 28.6 Å². The second-order valence-corrected chi connectivity index (χ2v) is 5.10. The van der Waals surface area contributed by atoms with Crippen LogP contribution in [0.25, 0.3) is 10.8 Å². The first kappa shape index (κ1) is 15.2. The fourth-order valence-corrected chi connectivity index (χ4v) is 2.35. The molecule has 3 rings (SSSR count). The maximum atomic E-state index is 12.6. The highest BCUT2D eigenvalue weighted by atomic mass is 19.4. The van der Waals surface area contributed by atoms with Gasteiger partial charge in [-0.3, -0.25) is 5.41 Å². The van der Waals surface area contributed by atoms with Crippen molar-refractivity contribution in [1.29, 1.82) is 0 Å². The van der Waals surface area contributed by atoms with Crippen molar-refractivity contribution < 1.29 is 24.0 Å². The van der Waals surface area contributed by atoms with Gasteiger partial charge in [0, 0.05) is 17.5 Å². The van der Waals surface area contributed by atoms with Crippen LogP contribution in [0.4, 0.5) is 18.9 Å². The number of rotatable bonds is 2. The molecule has 0 radical (unpaired) electrons. The lowest BCUT2D eigenvalue weighted by Crippen LogP contribution is -2.72. The number of allylic oxidation sites excluding steroid dienone is 4. The molecular weight excluding hydrogens is 303 g/mol. The minimum Gasteiger partial charge on any atom is -0.252 e. The average molecular weight is 317 g/mol. The number of nitrogens with two attached hydrogens (primary N) is 2. The van der Waals surface area contributed by atoms with Gasteiger partial charge in [0.25, 0.3) is 0 Å². The molecule has 0 unspecified atom stereocenters. The van der Waals surface area contributed by atoms with Crippen molar-refractivity contribution in [3.8, 4) is 0 Å². The Morgan fingerprint density at radius 1 is 0.957 bits per heavy atom. The molecule has 0 bridgehead atoms. The quantitative estimate of drug-likeness (QED) is 0.366. The summed E-state index contributed by atoms with van der Waals surface area (Å²) in [6.45, 7) is 0.